The molecule has 12 nitrogen and oxygen atoms in total. The van der Waals surface area contributed by atoms with E-state index in [9.17, 15) is 19.5 Å². The number of carbonyl (C=O) groups is 3. The molecule has 0 bridgehead atoms. The molecule has 5 aromatic carbocycles. The van der Waals surface area contributed by atoms with Crippen LogP contribution in [0.5, 0.6) is 0 Å². The summed E-state index contributed by atoms with van der Waals surface area (Å²) in [6, 6.07) is 41.4. The molecule has 1 fully saturated rings. The number of ether oxygens (including phenoxy) is 1. The molecule has 1 unspecified atom stereocenters. The summed E-state index contributed by atoms with van der Waals surface area (Å²) in [4.78, 5) is 57.3. The molecule has 1 spiro atoms. The SMILES string of the molecule is C[C@H]1[C@H]([Si](C)(C)O)[C@@H](CCn2cc(C(CO)c3ccccc3)nn2)O[C@]12C(=O)N(Cc1cccc(N(C=O)c3ccccc3)c1)c1ccc(N(C=O)c3ccccc3)cc12. The highest BCUT2D eigenvalue weighted by molar-refractivity contribution is 6.71. The van der Waals surface area contributed by atoms with Gasteiger partial charge in [-0.15, -0.1) is 5.10 Å². The zero-order chi connectivity index (χ0) is 42.0. The topological polar surface area (TPSA) is 141 Å². The van der Waals surface area contributed by atoms with Gasteiger partial charge in [-0.25, -0.2) is 0 Å². The summed E-state index contributed by atoms with van der Waals surface area (Å²) in [6.45, 7) is 6.21. The molecule has 0 saturated carbocycles. The molecule has 5 atom stereocenters. The van der Waals surface area contributed by atoms with Crippen molar-refractivity contribution in [2.24, 2.45) is 5.92 Å². The first kappa shape index (κ1) is 40.5. The Balaban J connectivity index is 1.16. The molecule has 0 aliphatic carbocycles. The number of para-hydroxylation sites is 2. The summed E-state index contributed by atoms with van der Waals surface area (Å²) in [5.74, 6) is -1.06. The van der Waals surface area contributed by atoms with E-state index < -0.39 is 25.9 Å². The number of aromatic nitrogens is 3. The van der Waals surface area contributed by atoms with Gasteiger partial charge in [-0.3, -0.25) is 28.9 Å². The van der Waals surface area contributed by atoms with Gasteiger partial charge in [0.2, 0.25) is 12.8 Å². The number of nitrogens with zero attached hydrogens (tertiary/aromatic N) is 6. The van der Waals surface area contributed by atoms with Crippen LogP contribution in [0.15, 0.2) is 140 Å². The highest BCUT2D eigenvalue weighted by Gasteiger charge is 2.66. The van der Waals surface area contributed by atoms with Crippen molar-refractivity contribution in [3.05, 3.63) is 162 Å². The van der Waals surface area contributed by atoms with Gasteiger partial charge in [0, 0.05) is 52.5 Å². The smallest absolute Gasteiger partial charge is 0.264 e. The van der Waals surface area contributed by atoms with Crippen LogP contribution < -0.4 is 14.7 Å². The van der Waals surface area contributed by atoms with Crippen molar-refractivity contribution in [2.45, 2.75) is 62.7 Å². The van der Waals surface area contributed by atoms with E-state index in [-0.39, 0.29) is 30.5 Å². The summed E-state index contributed by atoms with van der Waals surface area (Å²) in [6.07, 6.45) is 3.26. The van der Waals surface area contributed by atoms with Gasteiger partial charge < -0.3 is 19.5 Å². The van der Waals surface area contributed by atoms with Crippen molar-refractivity contribution in [3.63, 3.8) is 0 Å². The molecule has 2 aliphatic heterocycles. The Morgan fingerprint density at radius 3 is 2.02 bits per heavy atom. The Bertz CT molecular complexity index is 2460. The van der Waals surface area contributed by atoms with Crippen LogP contribution in [0.25, 0.3) is 0 Å². The predicted octanol–water partition coefficient (Wildman–Crippen LogP) is 7.43. The largest absolute Gasteiger partial charge is 0.432 e. The Morgan fingerprint density at radius 1 is 0.817 bits per heavy atom. The number of anilines is 5. The summed E-state index contributed by atoms with van der Waals surface area (Å²) >= 11 is 0. The van der Waals surface area contributed by atoms with Crippen molar-refractivity contribution >= 4 is 55.5 Å². The molecule has 8 rings (SSSR count). The van der Waals surface area contributed by atoms with E-state index in [1.54, 1.807) is 19.4 Å². The van der Waals surface area contributed by atoms with Gasteiger partial charge >= 0.3 is 0 Å². The van der Waals surface area contributed by atoms with Crippen LogP contribution in [0.1, 0.15) is 41.6 Å². The van der Waals surface area contributed by atoms with Crippen LogP contribution in [-0.4, -0.2) is 64.7 Å². The van der Waals surface area contributed by atoms with E-state index in [0.29, 0.717) is 52.7 Å². The van der Waals surface area contributed by atoms with E-state index >= 15 is 4.79 Å². The Kier molecular flexibility index (Phi) is 11.3. The third kappa shape index (κ3) is 7.45. The van der Waals surface area contributed by atoms with Crippen LogP contribution in [0.2, 0.25) is 18.6 Å². The van der Waals surface area contributed by atoms with Crippen LogP contribution in [0.3, 0.4) is 0 Å². The van der Waals surface area contributed by atoms with Crippen LogP contribution in [0, 0.1) is 5.92 Å². The lowest BCUT2D eigenvalue weighted by Crippen LogP contribution is -2.46. The number of aliphatic hydroxyl groups excluding tert-OH is 1. The lowest BCUT2D eigenvalue weighted by atomic mass is 9.82. The molecule has 0 radical (unpaired) electrons. The zero-order valence-electron chi connectivity index (χ0n) is 33.8. The number of aliphatic hydroxyl groups is 1. The molecular weight excluding hydrogens is 773 g/mol. The third-order valence-corrected chi connectivity index (χ3v) is 14.5. The van der Waals surface area contributed by atoms with E-state index in [4.69, 9.17) is 4.74 Å². The van der Waals surface area contributed by atoms with Crippen LogP contribution in [-0.2, 0) is 37.8 Å². The van der Waals surface area contributed by atoms with Crippen molar-refractivity contribution < 1.29 is 29.0 Å². The van der Waals surface area contributed by atoms with Gasteiger partial charge in [0.25, 0.3) is 5.91 Å². The average molecular weight is 821 g/mol. The molecule has 3 heterocycles. The molecule has 2 aliphatic rings. The molecular formula is C47H48N6O6Si. The molecule has 13 heteroatoms. The number of fused-ring (bicyclic) bond motifs is 2. The quantitative estimate of drug-likeness (QED) is 0.0806. The fourth-order valence-corrected chi connectivity index (χ4v) is 11.8. The fourth-order valence-electron chi connectivity index (χ4n) is 9.25. The summed E-state index contributed by atoms with van der Waals surface area (Å²) in [5, 5.41) is 19.1. The Hall–Kier alpha value is -6.25. The maximum absolute atomic E-state index is 15.4. The van der Waals surface area contributed by atoms with Gasteiger partial charge in [0.15, 0.2) is 13.9 Å². The second-order valence-electron chi connectivity index (χ2n) is 16.1. The molecule has 1 aromatic heterocycles. The fraction of sp³-hybridized carbons (Fsp3) is 0.255. The summed E-state index contributed by atoms with van der Waals surface area (Å²) in [5.41, 5.74) is 4.38. The second-order valence-corrected chi connectivity index (χ2v) is 20.1. The Morgan fingerprint density at radius 2 is 1.42 bits per heavy atom. The number of aryl methyl sites for hydroxylation is 1. The van der Waals surface area contributed by atoms with Crippen LogP contribution >= 0.6 is 0 Å². The number of amides is 3. The first-order valence-corrected chi connectivity index (χ1v) is 23.2. The molecule has 60 heavy (non-hydrogen) atoms. The first-order valence-electron chi connectivity index (χ1n) is 20.2. The van der Waals surface area contributed by atoms with Crippen molar-refractivity contribution in [1.82, 2.24) is 15.0 Å². The van der Waals surface area contributed by atoms with E-state index in [0.717, 1.165) is 23.9 Å². The van der Waals surface area contributed by atoms with Gasteiger partial charge in [0.05, 0.1) is 36.6 Å². The third-order valence-electron chi connectivity index (χ3n) is 12.0. The minimum absolute atomic E-state index is 0.126. The number of benzene rings is 5. The standard InChI is InChI=1S/C47H48N6O6Si/c1-33-45(60(2,3)58)44(24-25-50-29-42(48-49-50)40(30-54)35-15-7-4-8-16-35)59-47(33)41-27-39(53(32-56)37-19-11-6-12-20-37)22-23-43(41)51(46(47)57)28-34-14-13-21-38(26-34)52(31-55)36-17-9-5-10-18-36/h4-23,26-27,29,31-33,40,44-45,54,58H,24-25,28,30H2,1-3H3/t33-,40?,44+,45-,47+/m0/s1. The van der Waals surface area contributed by atoms with Gasteiger partial charge in [0.1, 0.15) is 0 Å². The molecule has 6 aromatic rings. The van der Waals surface area contributed by atoms with E-state index in [2.05, 4.69) is 10.3 Å². The summed E-state index contributed by atoms with van der Waals surface area (Å²) in [7, 11) is -3.02. The van der Waals surface area contributed by atoms with Crippen LogP contribution in [0.4, 0.5) is 28.4 Å². The van der Waals surface area contributed by atoms with Gasteiger partial charge in [-0.2, -0.15) is 0 Å². The predicted molar refractivity (Wildman–Crippen MR) is 233 cm³/mol. The minimum Gasteiger partial charge on any atom is -0.432 e. The minimum atomic E-state index is -3.02. The average Bonchev–Trinajstić information content (AvgIpc) is 3.92. The molecule has 306 valence electrons. The number of hydrogen-bond acceptors (Lipinski definition) is 8. The first-order chi connectivity index (χ1) is 29.1. The van der Waals surface area contributed by atoms with E-state index in [1.165, 1.54) is 0 Å². The highest BCUT2D eigenvalue weighted by Crippen LogP contribution is 2.60. The second kappa shape index (κ2) is 16.8. The maximum Gasteiger partial charge on any atom is 0.264 e. The van der Waals surface area contributed by atoms with Crippen molar-refractivity contribution in [1.29, 1.82) is 0 Å². The number of hydrogen-bond donors (Lipinski definition) is 2. The maximum atomic E-state index is 15.4. The summed E-state index contributed by atoms with van der Waals surface area (Å²) < 4.78 is 8.89. The van der Waals surface area contributed by atoms with Crippen molar-refractivity contribution in [2.75, 3.05) is 21.3 Å². The van der Waals surface area contributed by atoms with Gasteiger partial charge in [-0.05, 0) is 85.2 Å². The normalized spacial score (nSPS) is 20.2. The molecule has 3 amide bonds. The van der Waals surface area contributed by atoms with E-state index in [1.807, 2.05) is 160 Å². The molecule has 1 saturated heterocycles. The lowest BCUT2D eigenvalue weighted by Gasteiger charge is -2.32. The molecule has 2 N–H and O–H groups in total. The zero-order valence-corrected chi connectivity index (χ0v) is 34.8. The number of carbonyl (C=O) groups excluding carboxylic acids is 3. The lowest BCUT2D eigenvalue weighted by molar-refractivity contribution is -0.146. The van der Waals surface area contributed by atoms with Gasteiger partial charge in [-0.1, -0.05) is 91.0 Å². The monoisotopic (exact) mass is 820 g/mol. The number of rotatable bonds is 15. The Labute approximate surface area is 350 Å². The van der Waals surface area contributed by atoms with Crippen molar-refractivity contribution in [3.8, 4) is 0 Å². The highest BCUT2D eigenvalue weighted by atomic mass is 28.4.